The van der Waals surface area contributed by atoms with Crippen molar-refractivity contribution in [3.05, 3.63) is 22.2 Å². The van der Waals surface area contributed by atoms with Crippen molar-refractivity contribution in [2.75, 3.05) is 19.8 Å². The SMILES string of the molecule is OCCc1cc2c(cc1Br)OCCCO2. The Hall–Kier alpha value is -0.740. The van der Waals surface area contributed by atoms with Gasteiger partial charge in [-0.1, -0.05) is 15.9 Å². The lowest BCUT2D eigenvalue weighted by atomic mass is 10.1. The number of aliphatic hydroxyl groups excluding tert-OH is 1. The van der Waals surface area contributed by atoms with Gasteiger partial charge in [0, 0.05) is 17.5 Å². The lowest BCUT2D eigenvalue weighted by Crippen LogP contribution is -1.97. The molecule has 0 amide bonds. The molecule has 2 rings (SSSR count). The molecule has 0 bridgehead atoms. The highest BCUT2D eigenvalue weighted by molar-refractivity contribution is 9.10. The van der Waals surface area contributed by atoms with Gasteiger partial charge in [0.15, 0.2) is 11.5 Å². The number of fused-ring (bicyclic) bond motifs is 1. The van der Waals surface area contributed by atoms with Gasteiger partial charge in [-0.15, -0.1) is 0 Å². The molecular weight excluding hydrogens is 260 g/mol. The molecule has 0 aromatic heterocycles. The fourth-order valence-electron chi connectivity index (χ4n) is 1.54. The molecule has 0 radical (unpaired) electrons. The van der Waals surface area contributed by atoms with Crippen LogP contribution in [0.15, 0.2) is 16.6 Å². The van der Waals surface area contributed by atoms with E-state index in [9.17, 15) is 0 Å². The van der Waals surface area contributed by atoms with Gasteiger partial charge in [-0.05, 0) is 24.1 Å². The molecule has 1 aliphatic rings. The summed E-state index contributed by atoms with van der Waals surface area (Å²) in [6, 6.07) is 3.84. The van der Waals surface area contributed by atoms with Crippen LogP contribution in [-0.2, 0) is 6.42 Å². The van der Waals surface area contributed by atoms with Crippen LogP contribution in [0.5, 0.6) is 11.5 Å². The monoisotopic (exact) mass is 272 g/mol. The third kappa shape index (κ3) is 2.44. The van der Waals surface area contributed by atoms with E-state index in [0.717, 1.165) is 28.0 Å². The molecule has 0 fully saturated rings. The van der Waals surface area contributed by atoms with E-state index in [2.05, 4.69) is 15.9 Å². The summed E-state index contributed by atoms with van der Waals surface area (Å²) in [6.07, 6.45) is 1.53. The maximum Gasteiger partial charge on any atom is 0.162 e. The molecule has 1 heterocycles. The Bertz CT molecular complexity index is 352. The average Bonchev–Trinajstić information content (AvgIpc) is 2.44. The minimum absolute atomic E-state index is 0.137. The molecule has 1 N–H and O–H groups in total. The van der Waals surface area contributed by atoms with Gasteiger partial charge in [-0.25, -0.2) is 0 Å². The second-order valence-corrected chi connectivity index (χ2v) is 4.27. The number of ether oxygens (including phenoxy) is 2. The van der Waals surface area contributed by atoms with Gasteiger partial charge in [0.2, 0.25) is 0 Å². The predicted molar refractivity (Wildman–Crippen MR) is 60.5 cm³/mol. The van der Waals surface area contributed by atoms with Crippen LogP contribution in [0.4, 0.5) is 0 Å². The van der Waals surface area contributed by atoms with Crippen molar-refractivity contribution in [3.8, 4) is 11.5 Å². The van der Waals surface area contributed by atoms with Gasteiger partial charge in [0.1, 0.15) is 0 Å². The number of benzene rings is 1. The lowest BCUT2D eigenvalue weighted by Gasteiger charge is -2.10. The van der Waals surface area contributed by atoms with Gasteiger partial charge in [-0.2, -0.15) is 0 Å². The van der Waals surface area contributed by atoms with E-state index in [-0.39, 0.29) is 6.61 Å². The van der Waals surface area contributed by atoms with Crippen molar-refractivity contribution in [2.45, 2.75) is 12.8 Å². The third-order valence-corrected chi connectivity index (χ3v) is 3.04. The minimum Gasteiger partial charge on any atom is -0.490 e. The van der Waals surface area contributed by atoms with Gasteiger partial charge in [0.05, 0.1) is 13.2 Å². The first kappa shape index (κ1) is 10.8. The highest BCUT2D eigenvalue weighted by Crippen LogP contribution is 2.35. The molecule has 0 saturated carbocycles. The molecule has 82 valence electrons. The molecule has 0 spiro atoms. The van der Waals surface area contributed by atoms with Crippen molar-refractivity contribution < 1.29 is 14.6 Å². The lowest BCUT2D eigenvalue weighted by molar-refractivity contribution is 0.296. The fraction of sp³-hybridized carbons (Fsp3) is 0.455. The van der Waals surface area contributed by atoms with Crippen LogP contribution in [0.2, 0.25) is 0 Å². The number of rotatable bonds is 2. The second kappa shape index (κ2) is 4.86. The van der Waals surface area contributed by atoms with Gasteiger partial charge in [0.25, 0.3) is 0 Å². The smallest absolute Gasteiger partial charge is 0.162 e. The maximum absolute atomic E-state index is 8.91. The zero-order chi connectivity index (χ0) is 10.7. The molecule has 0 atom stereocenters. The zero-order valence-electron chi connectivity index (χ0n) is 8.33. The summed E-state index contributed by atoms with van der Waals surface area (Å²) in [7, 11) is 0. The largest absolute Gasteiger partial charge is 0.490 e. The van der Waals surface area contributed by atoms with E-state index in [1.807, 2.05) is 12.1 Å². The van der Waals surface area contributed by atoms with Crippen LogP contribution < -0.4 is 9.47 Å². The standard InChI is InChI=1S/C11H13BrO3/c12-9-7-11-10(6-8(9)2-3-13)14-4-1-5-15-11/h6-7,13H,1-5H2. The van der Waals surface area contributed by atoms with Crippen LogP contribution in [0, 0.1) is 0 Å². The molecule has 0 aliphatic carbocycles. The molecule has 3 nitrogen and oxygen atoms in total. The first-order valence-corrected chi connectivity index (χ1v) is 5.79. The topological polar surface area (TPSA) is 38.7 Å². The van der Waals surface area contributed by atoms with Crippen molar-refractivity contribution >= 4 is 15.9 Å². The first-order chi connectivity index (χ1) is 7.31. The number of hydrogen-bond donors (Lipinski definition) is 1. The Kier molecular flexibility index (Phi) is 3.49. The normalized spacial score (nSPS) is 14.8. The highest BCUT2D eigenvalue weighted by atomic mass is 79.9. The fourth-order valence-corrected chi connectivity index (χ4v) is 2.06. The van der Waals surface area contributed by atoms with Crippen LogP contribution in [0.3, 0.4) is 0 Å². The zero-order valence-corrected chi connectivity index (χ0v) is 9.92. The van der Waals surface area contributed by atoms with E-state index in [1.54, 1.807) is 0 Å². The molecule has 0 unspecified atom stereocenters. The summed E-state index contributed by atoms with van der Waals surface area (Å²) in [4.78, 5) is 0. The van der Waals surface area contributed by atoms with Crippen molar-refractivity contribution in [3.63, 3.8) is 0 Å². The maximum atomic E-state index is 8.91. The Morgan fingerprint density at radius 2 is 1.87 bits per heavy atom. The van der Waals surface area contributed by atoms with E-state index in [4.69, 9.17) is 14.6 Å². The molecule has 1 aromatic rings. The summed E-state index contributed by atoms with van der Waals surface area (Å²) in [6.45, 7) is 1.52. The van der Waals surface area contributed by atoms with Gasteiger partial charge >= 0.3 is 0 Å². The Labute approximate surface area is 97.1 Å². The third-order valence-electron chi connectivity index (χ3n) is 2.30. The number of halogens is 1. The average molecular weight is 273 g/mol. The van der Waals surface area contributed by atoms with E-state index < -0.39 is 0 Å². The van der Waals surface area contributed by atoms with Crippen molar-refractivity contribution in [1.29, 1.82) is 0 Å². The predicted octanol–water partition coefficient (Wildman–Crippen LogP) is 2.15. The minimum atomic E-state index is 0.137. The van der Waals surface area contributed by atoms with E-state index >= 15 is 0 Å². The summed E-state index contributed by atoms with van der Waals surface area (Å²) < 4.78 is 12.1. The summed E-state index contributed by atoms with van der Waals surface area (Å²) in [5.74, 6) is 1.56. The molecule has 4 heteroatoms. The van der Waals surface area contributed by atoms with Crippen LogP contribution in [0.1, 0.15) is 12.0 Å². The van der Waals surface area contributed by atoms with E-state index in [1.165, 1.54) is 0 Å². The Morgan fingerprint density at radius 3 is 2.53 bits per heavy atom. The number of aliphatic hydroxyl groups is 1. The van der Waals surface area contributed by atoms with Crippen LogP contribution in [-0.4, -0.2) is 24.9 Å². The number of hydrogen-bond acceptors (Lipinski definition) is 3. The molecule has 1 aromatic carbocycles. The quantitative estimate of drug-likeness (QED) is 0.897. The van der Waals surface area contributed by atoms with E-state index in [0.29, 0.717) is 19.6 Å². The van der Waals surface area contributed by atoms with Crippen molar-refractivity contribution in [2.24, 2.45) is 0 Å². The van der Waals surface area contributed by atoms with Gasteiger partial charge in [-0.3, -0.25) is 0 Å². The molecule has 1 aliphatic heterocycles. The molecule has 15 heavy (non-hydrogen) atoms. The summed E-state index contributed by atoms with van der Waals surface area (Å²) >= 11 is 3.46. The van der Waals surface area contributed by atoms with Crippen LogP contribution >= 0.6 is 15.9 Å². The first-order valence-electron chi connectivity index (χ1n) is 5.00. The molecular formula is C11H13BrO3. The Balaban J connectivity index is 2.33. The van der Waals surface area contributed by atoms with Gasteiger partial charge < -0.3 is 14.6 Å². The molecule has 0 saturated heterocycles. The van der Waals surface area contributed by atoms with Crippen LogP contribution in [0.25, 0.3) is 0 Å². The second-order valence-electron chi connectivity index (χ2n) is 3.41. The Morgan fingerprint density at radius 1 is 1.20 bits per heavy atom. The summed E-state index contributed by atoms with van der Waals surface area (Å²) in [5, 5.41) is 8.91. The highest BCUT2D eigenvalue weighted by Gasteiger charge is 2.13. The summed E-state index contributed by atoms with van der Waals surface area (Å²) in [5.41, 5.74) is 1.04. The van der Waals surface area contributed by atoms with Crippen molar-refractivity contribution in [1.82, 2.24) is 0 Å².